The number of rotatable bonds is 4. The predicted molar refractivity (Wildman–Crippen MR) is 50.1 cm³/mol. The quantitative estimate of drug-likeness (QED) is 0.668. The van der Waals surface area contributed by atoms with Gasteiger partial charge in [-0.15, -0.1) is 0 Å². The van der Waals surface area contributed by atoms with E-state index in [0.717, 1.165) is 12.2 Å². The summed E-state index contributed by atoms with van der Waals surface area (Å²) in [4.78, 5) is 10.7. The Morgan fingerprint density at radius 1 is 1.50 bits per heavy atom. The SMILES string of the molecule is C/C=C\N/C(=C/CC)NC(C)=O. The highest BCUT2D eigenvalue weighted by Gasteiger charge is 1.94. The van der Waals surface area contributed by atoms with Crippen molar-refractivity contribution in [1.29, 1.82) is 0 Å². The number of hydrogen-bond donors (Lipinski definition) is 2. The molecule has 0 rings (SSSR count). The van der Waals surface area contributed by atoms with Crippen LogP contribution < -0.4 is 10.6 Å². The molecule has 3 heteroatoms. The predicted octanol–water partition coefficient (Wildman–Crippen LogP) is 1.50. The molecule has 0 unspecified atom stereocenters. The van der Waals surface area contributed by atoms with E-state index in [2.05, 4.69) is 10.6 Å². The number of carbonyl (C=O) groups excluding carboxylic acids is 1. The van der Waals surface area contributed by atoms with Crippen molar-refractivity contribution in [3.63, 3.8) is 0 Å². The maximum absolute atomic E-state index is 10.7. The van der Waals surface area contributed by atoms with Gasteiger partial charge in [0.1, 0.15) is 5.82 Å². The normalized spacial score (nSPS) is 11.8. The second-order valence-electron chi connectivity index (χ2n) is 2.35. The van der Waals surface area contributed by atoms with Crippen molar-refractivity contribution >= 4 is 5.91 Å². The van der Waals surface area contributed by atoms with E-state index in [-0.39, 0.29) is 5.91 Å². The Hall–Kier alpha value is -1.25. The van der Waals surface area contributed by atoms with Gasteiger partial charge in [0.15, 0.2) is 0 Å². The highest BCUT2D eigenvalue weighted by molar-refractivity contribution is 5.74. The van der Waals surface area contributed by atoms with Gasteiger partial charge in [0.25, 0.3) is 0 Å². The molecule has 0 aromatic carbocycles. The summed E-state index contributed by atoms with van der Waals surface area (Å²) in [5.74, 6) is 0.676. The van der Waals surface area contributed by atoms with E-state index in [9.17, 15) is 4.79 Å². The molecule has 3 nitrogen and oxygen atoms in total. The summed E-state index contributed by atoms with van der Waals surface area (Å²) in [5.41, 5.74) is 0. The third kappa shape index (κ3) is 5.53. The fourth-order valence-corrected chi connectivity index (χ4v) is 0.713. The molecule has 0 aromatic rings. The van der Waals surface area contributed by atoms with Crippen LogP contribution in [0, 0.1) is 0 Å². The molecule has 0 aromatic heterocycles. The molecule has 12 heavy (non-hydrogen) atoms. The smallest absolute Gasteiger partial charge is 0.222 e. The number of allylic oxidation sites excluding steroid dienone is 2. The lowest BCUT2D eigenvalue weighted by Gasteiger charge is -2.06. The van der Waals surface area contributed by atoms with E-state index < -0.39 is 0 Å². The zero-order valence-electron chi connectivity index (χ0n) is 7.85. The van der Waals surface area contributed by atoms with Crippen molar-refractivity contribution < 1.29 is 4.79 Å². The van der Waals surface area contributed by atoms with Crippen molar-refractivity contribution in [2.45, 2.75) is 27.2 Å². The average molecular weight is 168 g/mol. The van der Waals surface area contributed by atoms with Crippen LogP contribution in [-0.4, -0.2) is 5.91 Å². The van der Waals surface area contributed by atoms with Crippen molar-refractivity contribution in [3.8, 4) is 0 Å². The van der Waals surface area contributed by atoms with Gasteiger partial charge in [0.2, 0.25) is 5.91 Å². The van der Waals surface area contributed by atoms with Crippen LogP contribution in [0.2, 0.25) is 0 Å². The molecule has 0 saturated heterocycles. The minimum absolute atomic E-state index is 0.0632. The zero-order valence-corrected chi connectivity index (χ0v) is 7.85. The van der Waals surface area contributed by atoms with Crippen LogP contribution in [0.15, 0.2) is 24.2 Å². The topological polar surface area (TPSA) is 41.1 Å². The standard InChI is InChI=1S/C9H16N2O/c1-4-6-9(10-7-5-2)11-8(3)12/h5-7,10H,4H2,1-3H3,(H,11,12)/b7-5-,9-6-. The summed E-state index contributed by atoms with van der Waals surface area (Å²) in [6.07, 6.45) is 6.45. The van der Waals surface area contributed by atoms with E-state index in [1.54, 1.807) is 6.20 Å². The molecule has 0 aliphatic heterocycles. The summed E-state index contributed by atoms with van der Waals surface area (Å²) in [5, 5.41) is 5.63. The van der Waals surface area contributed by atoms with E-state index in [4.69, 9.17) is 0 Å². The molecule has 0 aliphatic rings. The van der Waals surface area contributed by atoms with Gasteiger partial charge in [-0.25, -0.2) is 0 Å². The minimum Gasteiger partial charge on any atom is -0.349 e. The van der Waals surface area contributed by atoms with Crippen LogP contribution in [0.4, 0.5) is 0 Å². The first-order chi connectivity index (χ1) is 5.70. The van der Waals surface area contributed by atoms with Crippen LogP contribution in [0.1, 0.15) is 27.2 Å². The summed E-state index contributed by atoms with van der Waals surface area (Å²) in [6, 6.07) is 0. The maximum Gasteiger partial charge on any atom is 0.222 e. The van der Waals surface area contributed by atoms with Crippen LogP contribution in [0.3, 0.4) is 0 Å². The molecular formula is C9H16N2O. The summed E-state index contributed by atoms with van der Waals surface area (Å²) < 4.78 is 0. The molecule has 0 aliphatic carbocycles. The lowest BCUT2D eigenvalue weighted by atomic mass is 10.4. The number of carbonyl (C=O) groups is 1. The molecule has 1 amide bonds. The Bertz CT molecular complexity index is 195. The molecule has 0 radical (unpaired) electrons. The third-order valence-electron chi connectivity index (χ3n) is 1.12. The summed E-state index contributed by atoms with van der Waals surface area (Å²) in [7, 11) is 0. The van der Waals surface area contributed by atoms with Gasteiger partial charge in [-0.05, 0) is 25.6 Å². The second kappa shape index (κ2) is 6.46. The number of amides is 1. The van der Waals surface area contributed by atoms with Crippen LogP contribution in [0.25, 0.3) is 0 Å². The average Bonchev–Trinajstić information content (AvgIpc) is 2.00. The van der Waals surface area contributed by atoms with Crippen molar-refractivity contribution in [2.24, 2.45) is 0 Å². The molecule has 2 N–H and O–H groups in total. The largest absolute Gasteiger partial charge is 0.349 e. The molecule has 0 atom stereocenters. The first kappa shape index (κ1) is 10.8. The van der Waals surface area contributed by atoms with Crippen LogP contribution in [-0.2, 0) is 4.79 Å². The Morgan fingerprint density at radius 2 is 2.17 bits per heavy atom. The first-order valence-corrected chi connectivity index (χ1v) is 4.06. The molecular weight excluding hydrogens is 152 g/mol. The van der Waals surface area contributed by atoms with Gasteiger partial charge >= 0.3 is 0 Å². The molecule has 0 bridgehead atoms. The first-order valence-electron chi connectivity index (χ1n) is 4.06. The van der Waals surface area contributed by atoms with E-state index in [0.29, 0.717) is 0 Å². The van der Waals surface area contributed by atoms with Crippen LogP contribution >= 0.6 is 0 Å². The van der Waals surface area contributed by atoms with Crippen molar-refractivity contribution in [1.82, 2.24) is 10.6 Å². The minimum atomic E-state index is -0.0632. The highest BCUT2D eigenvalue weighted by atomic mass is 16.1. The van der Waals surface area contributed by atoms with Gasteiger partial charge in [0.05, 0.1) is 0 Å². The maximum atomic E-state index is 10.7. The van der Waals surface area contributed by atoms with Gasteiger partial charge in [-0.3, -0.25) is 4.79 Å². The molecule has 0 saturated carbocycles. The molecule has 0 heterocycles. The zero-order chi connectivity index (χ0) is 9.40. The highest BCUT2D eigenvalue weighted by Crippen LogP contribution is 1.87. The lowest BCUT2D eigenvalue weighted by Crippen LogP contribution is -2.26. The summed E-state index contributed by atoms with van der Waals surface area (Å²) >= 11 is 0. The van der Waals surface area contributed by atoms with E-state index >= 15 is 0 Å². The second-order valence-corrected chi connectivity index (χ2v) is 2.35. The fraction of sp³-hybridized carbons (Fsp3) is 0.444. The number of hydrogen-bond acceptors (Lipinski definition) is 2. The summed E-state index contributed by atoms with van der Waals surface area (Å²) in [6.45, 7) is 5.41. The van der Waals surface area contributed by atoms with Gasteiger partial charge in [-0.1, -0.05) is 13.0 Å². The number of nitrogens with one attached hydrogen (secondary N) is 2. The Kier molecular flexibility index (Phi) is 5.79. The van der Waals surface area contributed by atoms with Gasteiger partial charge < -0.3 is 10.6 Å². The van der Waals surface area contributed by atoms with E-state index in [1.807, 2.05) is 26.0 Å². The Morgan fingerprint density at radius 3 is 2.58 bits per heavy atom. The van der Waals surface area contributed by atoms with Crippen molar-refractivity contribution in [3.05, 3.63) is 24.2 Å². The van der Waals surface area contributed by atoms with Crippen LogP contribution in [0.5, 0.6) is 0 Å². The van der Waals surface area contributed by atoms with Crippen molar-refractivity contribution in [2.75, 3.05) is 0 Å². The third-order valence-corrected chi connectivity index (χ3v) is 1.12. The Balaban J connectivity index is 4.04. The lowest BCUT2D eigenvalue weighted by molar-refractivity contribution is -0.118. The Labute approximate surface area is 73.5 Å². The van der Waals surface area contributed by atoms with Gasteiger partial charge in [-0.2, -0.15) is 0 Å². The van der Waals surface area contributed by atoms with E-state index in [1.165, 1.54) is 6.92 Å². The van der Waals surface area contributed by atoms with Gasteiger partial charge in [0, 0.05) is 6.92 Å². The monoisotopic (exact) mass is 168 g/mol. The molecule has 68 valence electrons. The molecule has 0 fully saturated rings. The fourth-order valence-electron chi connectivity index (χ4n) is 0.713. The molecule has 0 spiro atoms.